The first kappa shape index (κ1) is 16.8. The van der Waals surface area contributed by atoms with Gasteiger partial charge in [-0.2, -0.15) is 5.26 Å². The predicted molar refractivity (Wildman–Crippen MR) is 87.0 cm³/mol. The third-order valence-electron chi connectivity index (χ3n) is 4.96. The van der Waals surface area contributed by atoms with Gasteiger partial charge in [0.1, 0.15) is 11.6 Å². The highest BCUT2D eigenvalue weighted by atomic mass is 16.2. The van der Waals surface area contributed by atoms with E-state index in [-0.39, 0.29) is 11.5 Å². The fourth-order valence-corrected chi connectivity index (χ4v) is 3.35. The second-order valence-corrected chi connectivity index (χ2v) is 6.33. The molecule has 1 aliphatic carbocycles. The number of nitriles is 1. The monoisotopic (exact) mass is 304 g/mol. The summed E-state index contributed by atoms with van der Waals surface area (Å²) in [6.45, 7) is 7.00. The molecule has 0 radical (unpaired) electrons. The molecule has 1 aliphatic heterocycles. The number of hydrogen-bond donors (Lipinski definition) is 0. The zero-order chi connectivity index (χ0) is 15.9. The molecule has 0 bridgehead atoms. The van der Waals surface area contributed by atoms with Gasteiger partial charge in [-0.3, -0.25) is 4.79 Å². The molecule has 2 aliphatic rings. The summed E-state index contributed by atoms with van der Waals surface area (Å²) in [6, 6.07) is 2.41. The van der Waals surface area contributed by atoms with Crippen molar-refractivity contribution in [2.45, 2.75) is 45.1 Å². The van der Waals surface area contributed by atoms with E-state index in [1.54, 1.807) is 11.1 Å². The first-order chi connectivity index (χ1) is 10.7. The number of rotatable bonds is 4. The van der Waals surface area contributed by atoms with Crippen LogP contribution in [0.5, 0.6) is 0 Å². The molecule has 0 aromatic heterocycles. The quantitative estimate of drug-likeness (QED) is 0.587. The van der Waals surface area contributed by atoms with Crippen LogP contribution in [0.15, 0.2) is 11.8 Å². The van der Waals surface area contributed by atoms with Crippen LogP contribution in [0.4, 0.5) is 0 Å². The molecule has 1 amide bonds. The molecule has 5 nitrogen and oxygen atoms in total. The Bertz CT molecular complexity index is 440. The fourth-order valence-electron chi connectivity index (χ4n) is 3.35. The molecular weight excluding hydrogens is 276 g/mol. The molecule has 5 heteroatoms. The maximum atomic E-state index is 12.6. The summed E-state index contributed by atoms with van der Waals surface area (Å²) in [7, 11) is 1.85. The van der Waals surface area contributed by atoms with E-state index in [0.717, 1.165) is 45.6 Å². The number of nitrogens with zero attached hydrogens (tertiary/aromatic N) is 4. The molecule has 0 aromatic rings. The van der Waals surface area contributed by atoms with Crippen LogP contribution in [0.2, 0.25) is 0 Å². The van der Waals surface area contributed by atoms with E-state index in [2.05, 4.69) is 22.8 Å². The lowest BCUT2D eigenvalue weighted by Gasteiger charge is -2.34. The average molecular weight is 304 g/mol. The van der Waals surface area contributed by atoms with E-state index in [4.69, 9.17) is 0 Å². The van der Waals surface area contributed by atoms with Crippen LogP contribution in [0.1, 0.15) is 39.0 Å². The minimum absolute atomic E-state index is 0.118. The molecule has 0 unspecified atom stereocenters. The zero-order valence-electron chi connectivity index (χ0n) is 13.9. The second-order valence-electron chi connectivity index (χ2n) is 6.33. The van der Waals surface area contributed by atoms with Crippen LogP contribution in [-0.4, -0.2) is 66.4 Å². The van der Waals surface area contributed by atoms with Gasteiger partial charge in [-0.1, -0.05) is 26.2 Å². The van der Waals surface area contributed by atoms with Crippen molar-refractivity contribution in [2.24, 2.45) is 0 Å². The Morgan fingerprint density at radius 2 is 1.86 bits per heavy atom. The van der Waals surface area contributed by atoms with E-state index in [1.807, 2.05) is 7.05 Å². The van der Waals surface area contributed by atoms with Gasteiger partial charge in [0, 0.05) is 45.5 Å². The molecule has 0 aromatic carbocycles. The summed E-state index contributed by atoms with van der Waals surface area (Å²) < 4.78 is 0. The molecule has 0 N–H and O–H groups in total. The van der Waals surface area contributed by atoms with Crippen LogP contribution in [0.3, 0.4) is 0 Å². The lowest BCUT2D eigenvalue weighted by molar-refractivity contribution is -0.128. The highest BCUT2D eigenvalue weighted by Crippen LogP contribution is 2.22. The highest BCUT2D eigenvalue weighted by Gasteiger charge is 2.25. The van der Waals surface area contributed by atoms with Gasteiger partial charge in [0.05, 0.1) is 0 Å². The molecule has 1 heterocycles. The summed E-state index contributed by atoms with van der Waals surface area (Å²) >= 11 is 0. The maximum Gasteiger partial charge on any atom is 0.265 e. The number of carbonyl (C=O) groups excluding carboxylic acids is 1. The molecule has 0 spiro atoms. The first-order valence-electron chi connectivity index (χ1n) is 8.51. The van der Waals surface area contributed by atoms with Crippen LogP contribution in [0, 0.1) is 11.3 Å². The average Bonchev–Trinajstić information content (AvgIpc) is 2.59. The van der Waals surface area contributed by atoms with Crippen molar-refractivity contribution in [1.29, 1.82) is 5.26 Å². The SMILES string of the molecule is CCN1CCN(/C=C(/C#N)C(=O)N(C)C2CCCCC2)CC1. The van der Waals surface area contributed by atoms with E-state index in [1.165, 1.54) is 19.3 Å². The summed E-state index contributed by atoms with van der Waals surface area (Å²) in [4.78, 5) is 18.8. The molecule has 1 saturated heterocycles. The number of carbonyl (C=O) groups is 1. The van der Waals surface area contributed by atoms with Crippen LogP contribution in [-0.2, 0) is 4.79 Å². The Labute approximate surface area is 134 Å². The van der Waals surface area contributed by atoms with Crippen LogP contribution in [0.25, 0.3) is 0 Å². The van der Waals surface area contributed by atoms with E-state index >= 15 is 0 Å². The summed E-state index contributed by atoms with van der Waals surface area (Å²) in [6.07, 6.45) is 7.54. The molecule has 2 rings (SSSR count). The topological polar surface area (TPSA) is 50.6 Å². The number of amides is 1. The lowest BCUT2D eigenvalue weighted by Crippen LogP contribution is -2.44. The van der Waals surface area contributed by atoms with Crippen molar-refractivity contribution in [3.63, 3.8) is 0 Å². The van der Waals surface area contributed by atoms with Crippen molar-refractivity contribution >= 4 is 5.91 Å². The normalized spacial score (nSPS) is 21.5. The Morgan fingerprint density at radius 3 is 2.41 bits per heavy atom. The summed E-state index contributed by atoms with van der Waals surface area (Å²) in [5.41, 5.74) is 0.276. The van der Waals surface area contributed by atoms with Crippen molar-refractivity contribution in [3.05, 3.63) is 11.8 Å². The third-order valence-corrected chi connectivity index (χ3v) is 4.96. The lowest BCUT2D eigenvalue weighted by atomic mass is 9.94. The molecular formula is C17H28N4O. The highest BCUT2D eigenvalue weighted by molar-refractivity contribution is 5.97. The van der Waals surface area contributed by atoms with Gasteiger partial charge < -0.3 is 14.7 Å². The third kappa shape index (κ3) is 4.23. The molecule has 2 fully saturated rings. The van der Waals surface area contributed by atoms with Gasteiger partial charge in [0.2, 0.25) is 0 Å². The zero-order valence-corrected chi connectivity index (χ0v) is 13.9. The van der Waals surface area contributed by atoms with Gasteiger partial charge in [-0.05, 0) is 19.4 Å². The molecule has 22 heavy (non-hydrogen) atoms. The van der Waals surface area contributed by atoms with Crippen molar-refractivity contribution in [2.75, 3.05) is 39.8 Å². The Hall–Kier alpha value is -1.54. The van der Waals surface area contributed by atoms with Crippen molar-refractivity contribution in [3.8, 4) is 6.07 Å². The Morgan fingerprint density at radius 1 is 1.23 bits per heavy atom. The minimum atomic E-state index is -0.118. The maximum absolute atomic E-state index is 12.6. The standard InChI is InChI=1S/C17H28N4O/c1-3-20-9-11-21(12-10-20)14-15(13-18)17(22)19(2)16-7-5-4-6-8-16/h14,16H,3-12H2,1-2H3/b15-14-. The van der Waals surface area contributed by atoms with Gasteiger partial charge in [0.15, 0.2) is 0 Å². The Kier molecular flexibility index (Phi) is 6.26. The van der Waals surface area contributed by atoms with E-state index < -0.39 is 0 Å². The van der Waals surface area contributed by atoms with Gasteiger partial charge in [0.25, 0.3) is 5.91 Å². The smallest absolute Gasteiger partial charge is 0.265 e. The first-order valence-corrected chi connectivity index (χ1v) is 8.51. The van der Waals surface area contributed by atoms with E-state index in [9.17, 15) is 10.1 Å². The number of hydrogen-bond acceptors (Lipinski definition) is 4. The van der Waals surface area contributed by atoms with Gasteiger partial charge in [-0.15, -0.1) is 0 Å². The number of likely N-dealkylation sites (N-methyl/N-ethyl adjacent to an activating group) is 2. The molecule has 0 atom stereocenters. The minimum Gasteiger partial charge on any atom is -0.374 e. The van der Waals surface area contributed by atoms with Crippen LogP contribution < -0.4 is 0 Å². The van der Waals surface area contributed by atoms with Gasteiger partial charge in [-0.25, -0.2) is 0 Å². The van der Waals surface area contributed by atoms with Crippen molar-refractivity contribution in [1.82, 2.24) is 14.7 Å². The second kappa shape index (κ2) is 8.19. The summed E-state index contributed by atoms with van der Waals surface area (Å²) in [5.74, 6) is -0.118. The molecule has 122 valence electrons. The van der Waals surface area contributed by atoms with Gasteiger partial charge >= 0.3 is 0 Å². The Balaban J connectivity index is 1.96. The van der Waals surface area contributed by atoms with Crippen LogP contribution >= 0.6 is 0 Å². The largest absolute Gasteiger partial charge is 0.374 e. The fraction of sp³-hybridized carbons (Fsp3) is 0.765. The number of piperazine rings is 1. The predicted octanol–water partition coefficient (Wildman–Crippen LogP) is 1.82. The van der Waals surface area contributed by atoms with Crippen molar-refractivity contribution < 1.29 is 4.79 Å². The molecule has 1 saturated carbocycles. The summed E-state index contributed by atoms with van der Waals surface area (Å²) in [5, 5.41) is 9.37. The van der Waals surface area contributed by atoms with E-state index in [0.29, 0.717) is 6.04 Å².